The molecule has 0 aliphatic carbocycles. The van der Waals surface area contributed by atoms with Gasteiger partial charge in [-0.05, 0) is 54.1 Å². The van der Waals surface area contributed by atoms with E-state index in [1.807, 2.05) is 61.5 Å². The van der Waals surface area contributed by atoms with Crippen molar-refractivity contribution in [1.82, 2.24) is 5.32 Å². The highest BCUT2D eigenvalue weighted by Crippen LogP contribution is 2.24. The highest BCUT2D eigenvalue weighted by atomic mass is 32.2. The van der Waals surface area contributed by atoms with E-state index in [1.54, 1.807) is 30.3 Å². The van der Waals surface area contributed by atoms with Gasteiger partial charge >= 0.3 is 0 Å². The van der Waals surface area contributed by atoms with Crippen LogP contribution in [-0.4, -0.2) is 34.0 Å². The lowest BCUT2D eigenvalue weighted by Crippen LogP contribution is -2.41. The molecule has 4 aromatic carbocycles. The number of sulfonamides is 1. The Bertz CT molecular complexity index is 1370. The zero-order valence-corrected chi connectivity index (χ0v) is 19.7. The summed E-state index contributed by atoms with van der Waals surface area (Å²) in [6, 6.07) is 28.9. The van der Waals surface area contributed by atoms with Gasteiger partial charge in [-0.3, -0.25) is 9.10 Å². The van der Waals surface area contributed by atoms with Crippen LogP contribution >= 0.6 is 0 Å². The molecule has 4 aromatic rings. The van der Waals surface area contributed by atoms with Gasteiger partial charge in [0.2, 0.25) is 5.91 Å². The Hall–Kier alpha value is -3.84. The number of fused-ring (bicyclic) bond motifs is 1. The summed E-state index contributed by atoms with van der Waals surface area (Å²) in [5.74, 6) is 0.295. The van der Waals surface area contributed by atoms with Crippen molar-refractivity contribution in [3.63, 3.8) is 0 Å². The van der Waals surface area contributed by atoms with Gasteiger partial charge in [0.15, 0.2) is 0 Å². The molecular weight excluding hydrogens is 448 g/mol. The number of ether oxygens (including phenoxy) is 1. The lowest BCUT2D eigenvalue weighted by molar-refractivity contribution is -0.119. The van der Waals surface area contributed by atoms with Crippen LogP contribution < -0.4 is 14.4 Å². The normalized spacial score (nSPS) is 11.2. The molecule has 0 fully saturated rings. The summed E-state index contributed by atoms with van der Waals surface area (Å²) in [6.45, 7) is 2.09. The zero-order valence-electron chi connectivity index (χ0n) is 18.8. The van der Waals surface area contributed by atoms with E-state index >= 15 is 0 Å². The fraction of sp³-hybridized carbons (Fsp3) is 0.148. The molecule has 0 aliphatic heterocycles. The van der Waals surface area contributed by atoms with Gasteiger partial charge in [-0.15, -0.1) is 0 Å². The average Bonchev–Trinajstić information content (AvgIpc) is 2.86. The first-order chi connectivity index (χ1) is 16.4. The largest absolute Gasteiger partial charge is 0.492 e. The molecule has 6 nitrogen and oxygen atoms in total. The van der Waals surface area contributed by atoms with Gasteiger partial charge in [-0.25, -0.2) is 8.42 Å². The van der Waals surface area contributed by atoms with Crippen LogP contribution in [0.3, 0.4) is 0 Å². The van der Waals surface area contributed by atoms with E-state index in [9.17, 15) is 13.2 Å². The minimum absolute atomic E-state index is 0.128. The molecule has 4 rings (SSSR count). The maximum absolute atomic E-state index is 13.3. The molecule has 1 amide bonds. The van der Waals surface area contributed by atoms with Crippen LogP contribution in [0.25, 0.3) is 10.8 Å². The summed E-state index contributed by atoms with van der Waals surface area (Å²) >= 11 is 0. The minimum atomic E-state index is -3.92. The van der Waals surface area contributed by atoms with Crippen molar-refractivity contribution < 1.29 is 17.9 Å². The molecule has 0 aromatic heterocycles. The summed E-state index contributed by atoms with van der Waals surface area (Å²) in [4.78, 5) is 12.8. The smallest absolute Gasteiger partial charge is 0.264 e. The van der Waals surface area contributed by atoms with E-state index in [1.165, 1.54) is 12.1 Å². The van der Waals surface area contributed by atoms with E-state index in [0.717, 1.165) is 20.6 Å². The third-order valence-electron chi connectivity index (χ3n) is 5.35. The predicted molar refractivity (Wildman–Crippen MR) is 135 cm³/mol. The molecule has 0 aliphatic rings. The number of amides is 1. The second-order valence-corrected chi connectivity index (χ2v) is 9.73. The number of hydrogen-bond donors (Lipinski definition) is 1. The van der Waals surface area contributed by atoms with Gasteiger partial charge in [-0.2, -0.15) is 0 Å². The van der Waals surface area contributed by atoms with Crippen molar-refractivity contribution in [3.8, 4) is 5.75 Å². The fourth-order valence-electron chi connectivity index (χ4n) is 3.55. The first-order valence-electron chi connectivity index (χ1n) is 11.0. The van der Waals surface area contributed by atoms with Gasteiger partial charge in [0.25, 0.3) is 10.0 Å². The molecule has 0 bridgehead atoms. The maximum Gasteiger partial charge on any atom is 0.264 e. The summed E-state index contributed by atoms with van der Waals surface area (Å²) < 4.78 is 33.5. The van der Waals surface area contributed by atoms with Gasteiger partial charge in [0.1, 0.15) is 18.9 Å². The molecule has 0 saturated heterocycles. The Kier molecular flexibility index (Phi) is 7.13. The molecule has 0 radical (unpaired) electrons. The Morgan fingerprint density at radius 3 is 2.26 bits per heavy atom. The lowest BCUT2D eigenvalue weighted by Gasteiger charge is -2.24. The quantitative estimate of drug-likeness (QED) is 0.362. The van der Waals surface area contributed by atoms with Crippen molar-refractivity contribution in [1.29, 1.82) is 0 Å². The van der Waals surface area contributed by atoms with E-state index in [2.05, 4.69) is 5.32 Å². The first kappa shape index (κ1) is 23.3. The lowest BCUT2D eigenvalue weighted by atomic mass is 10.1. The fourth-order valence-corrected chi connectivity index (χ4v) is 4.99. The number of carbonyl (C=O) groups is 1. The van der Waals surface area contributed by atoms with Crippen LogP contribution in [0.2, 0.25) is 0 Å². The number of rotatable bonds is 9. The SMILES string of the molecule is Cc1ccc(N(CC(=O)NCCOc2ccc3ccccc3c2)S(=O)(=O)c2ccccc2)cc1. The molecule has 0 heterocycles. The molecule has 0 spiro atoms. The first-order valence-corrected chi connectivity index (χ1v) is 12.4. The Balaban J connectivity index is 1.40. The third kappa shape index (κ3) is 5.55. The van der Waals surface area contributed by atoms with E-state index in [-0.39, 0.29) is 24.6 Å². The molecule has 0 atom stereocenters. The Morgan fingerprint density at radius 1 is 0.853 bits per heavy atom. The number of nitrogens with one attached hydrogen (secondary N) is 1. The van der Waals surface area contributed by atoms with Crippen molar-refractivity contribution in [3.05, 3.63) is 103 Å². The number of anilines is 1. The van der Waals surface area contributed by atoms with Crippen LogP contribution in [0.4, 0.5) is 5.69 Å². The minimum Gasteiger partial charge on any atom is -0.492 e. The molecule has 7 heteroatoms. The van der Waals surface area contributed by atoms with Crippen LogP contribution in [0.5, 0.6) is 5.75 Å². The van der Waals surface area contributed by atoms with Crippen LogP contribution in [0.15, 0.2) is 102 Å². The van der Waals surface area contributed by atoms with E-state index in [0.29, 0.717) is 11.4 Å². The van der Waals surface area contributed by atoms with Crippen molar-refractivity contribution >= 4 is 32.4 Å². The molecule has 174 valence electrons. The number of carbonyl (C=O) groups excluding carboxylic acids is 1. The Labute approximate surface area is 199 Å². The van der Waals surface area contributed by atoms with Crippen molar-refractivity contribution in [2.24, 2.45) is 0 Å². The van der Waals surface area contributed by atoms with Crippen molar-refractivity contribution in [2.45, 2.75) is 11.8 Å². The predicted octanol–water partition coefficient (Wildman–Crippen LogP) is 4.54. The van der Waals surface area contributed by atoms with Crippen LogP contribution in [0.1, 0.15) is 5.56 Å². The second kappa shape index (κ2) is 10.4. The molecule has 0 saturated carbocycles. The summed E-state index contributed by atoms with van der Waals surface area (Å²) in [5.41, 5.74) is 1.42. The average molecular weight is 475 g/mol. The van der Waals surface area contributed by atoms with Gasteiger partial charge in [0, 0.05) is 0 Å². The second-order valence-electron chi connectivity index (χ2n) is 7.87. The maximum atomic E-state index is 13.3. The molecule has 34 heavy (non-hydrogen) atoms. The standard InChI is InChI=1S/C27H26N2O4S/c1-21-11-14-24(15-12-21)29(34(31,32)26-9-3-2-4-10-26)20-27(30)28-17-18-33-25-16-13-22-7-5-6-8-23(22)19-25/h2-16,19H,17-18,20H2,1H3,(H,28,30). The Morgan fingerprint density at radius 2 is 1.53 bits per heavy atom. The van der Waals surface area contributed by atoms with E-state index < -0.39 is 15.9 Å². The molecular formula is C27H26N2O4S. The zero-order chi connectivity index (χ0) is 24.0. The van der Waals surface area contributed by atoms with Gasteiger partial charge in [0.05, 0.1) is 17.1 Å². The number of nitrogens with zero attached hydrogens (tertiary/aromatic N) is 1. The van der Waals surface area contributed by atoms with Crippen LogP contribution in [0, 0.1) is 6.92 Å². The van der Waals surface area contributed by atoms with Crippen molar-refractivity contribution in [2.75, 3.05) is 24.0 Å². The monoisotopic (exact) mass is 474 g/mol. The topological polar surface area (TPSA) is 75.7 Å². The van der Waals surface area contributed by atoms with Gasteiger partial charge in [-0.1, -0.05) is 66.2 Å². The summed E-state index contributed by atoms with van der Waals surface area (Å²) in [5, 5.41) is 4.95. The molecule has 1 N–H and O–H groups in total. The highest BCUT2D eigenvalue weighted by Gasteiger charge is 2.26. The summed E-state index contributed by atoms with van der Waals surface area (Å²) in [6.07, 6.45) is 0. The van der Waals surface area contributed by atoms with E-state index in [4.69, 9.17) is 4.74 Å². The number of hydrogen-bond acceptors (Lipinski definition) is 4. The number of benzene rings is 4. The summed E-state index contributed by atoms with van der Waals surface area (Å²) in [7, 11) is -3.92. The van der Waals surface area contributed by atoms with Crippen LogP contribution in [-0.2, 0) is 14.8 Å². The molecule has 0 unspecified atom stereocenters. The number of aryl methyl sites for hydroxylation is 1. The third-order valence-corrected chi connectivity index (χ3v) is 7.14. The highest BCUT2D eigenvalue weighted by molar-refractivity contribution is 7.92. The van der Waals surface area contributed by atoms with Gasteiger partial charge < -0.3 is 10.1 Å².